The minimum absolute atomic E-state index is 0.0383. The Kier molecular flexibility index (Phi) is 6.00. The molecule has 11 heteroatoms. The summed E-state index contributed by atoms with van der Waals surface area (Å²) in [5, 5.41) is 2.36. The molecule has 0 atom stereocenters. The summed E-state index contributed by atoms with van der Waals surface area (Å²) in [6.45, 7) is 1.38. The van der Waals surface area contributed by atoms with Crippen LogP contribution >= 0.6 is 34.5 Å². The monoisotopic (exact) mass is 489 g/mol. The Hall–Kier alpha value is -1.78. The van der Waals surface area contributed by atoms with Gasteiger partial charge in [0.15, 0.2) is 5.13 Å². The number of benzene rings is 2. The van der Waals surface area contributed by atoms with Gasteiger partial charge in [0.05, 0.1) is 20.6 Å². The highest BCUT2D eigenvalue weighted by atomic mass is 35.5. The quantitative estimate of drug-likeness (QED) is 0.522. The number of anilines is 1. The Bertz CT molecular complexity index is 1200. The summed E-state index contributed by atoms with van der Waals surface area (Å²) in [6.07, 6.45) is 0. The molecule has 3 aromatic rings. The van der Waals surface area contributed by atoms with Gasteiger partial charge in [0.2, 0.25) is 10.0 Å². The SMILES string of the molecule is O=S(=O)(c1ccc(F)c(Cl)c1)N1CCN(c2nc(-c3ccc(Cl)c(F)c3)cs2)CC1. The van der Waals surface area contributed by atoms with Crippen LogP contribution in [0.15, 0.2) is 46.7 Å². The molecule has 0 unspecified atom stereocenters. The fourth-order valence-corrected chi connectivity index (χ4v) is 5.80. The maximum Gasteiger partial charge on any atom is 0.243 e. The van der Waals surface area contributed by atoms with Crippen LogP contribution in [-0.4, -0.2) is 43.9 Å². The predicted octanol–water partition coefficient (Wildman–Crippen LogP) is 4.91. The molecule has 0 saturated carbocycles. The summed E-state index contributed by atoms with van der Waals surface area (Å²) in [5.74, 6) is -1.18. The number of thiazole rings is 1. The Morgan fingerprint density at radius 2 is 1.67 bits per heavy atom. The molecule has 4 rings (SSSR count). The fourth-order valence-electron chi connectivity index (χ4n) is 3.10. The van der Waals surface area contributed by atoms with Crippen LogP contribution in [0.1, 0.15) is 0 Å². The predicted molar refractivity (Wildman–Crippen MR) is 115 cm³/mol. The Morgan fingerprint density at radius 1 is 0.933 bits per heavy atom. The summed E-state index contributed by atoms with van der Waals surface area (Å²) >= 11 is 12.9. The molecule has 0 amide bonds. The highest BCUT2D eigenvalue weighted by molar-refractivity contribution is 7.89. The first-order valence-corrected chi connectivity index (χ1v) is 11.9. The lowest BCUT2D eigenvalue weighted by Gasteiger charge is -2.33. The van der Waals surface area contributed by atoms with Crippen molar-refractivity contribution in [2.45, 2.75) is 4.90 Å². The van der Waals surface area contributed by atoms with E-state index in [1.54, 1.807) is 6.07 Å². The normalized spacial score (nSPS) is 15.5. The van der Waals surface area contributed by atoms with Gasteiger partial charge in [0, 0.05) is 37.1 Å². The topological polar surface area (TPSA) is 53.5 Å². The number of sulfonamides is 1. The zero-order valence-corrected chi connectivity index (χ0v) is 18.5. The summed E-state index contributed by atoms with van der Waals surface area (Å²) in [6, 6.07) is 7.89. The molecule has 1 saturated heterocycles. The lowest BCUT2D eigenvalue weighted by Crippen LogP contribution is -2.48. The first-order chi connectivity index (χ1) is 14.3. The number of hydrogen-bond acceptors (Lipinski definition) is 5. The van der Waals surface area contributed by atoms with Crippen LogP contribution < -0.4 is 4.90 Å². The Labute approximate surface area is 186 Å². The van der Waals surface area contributed by atoms with Gasteiger partial charge in [-0.2, -0.15) is 4.31 Å². The molecule has 1 aliphatic heterocycles. The number of nitrogens with zero attached hydrogens (tertiary/aromatic N) is 3. The average molecular weight is 490 g/mol. The van der Waals surface area contributed by atoms with Gasteiger partial charge in [-0.25, -0.2) is 22.2 Å². The maximum absolute atomic E-state index is 13.7. The van der Waals surface area contributed by atoms with Crippen molar-refractivity contribution in [2.24, 2.45) is 0 Å². The van der Waals surface area contributed by atoms with E-state index in [0.29, 0.717) is 24.3 Å². The third-order valence-corrected chi connectivity index (χ3v) is 8.14. The van der Waals surface area contributed by atoms with Gasteiger partial charge in [-0.1, -0.05) is 29.3 Å². The summed E-state index contributed by atoms with van der Waals surface area (Å²) in [5.41, 5.74) is 1.25. The molecular formula is C19H15Cl2F2N3O2S2. The molecule has 0 spiro atoms. The number of hydrogen-bond donors (Lipinski definition) is 0. The van der Waals surface area contributed by atoms with Gasteiger partial charge in [0.1, 0.15) is 11.6 Å². The van der Waals surface area contributed by atoms with Crippen molar-refractivity contribution in [3.8, 4) is 11.3 Å². The molecule has 0 bridgehead atoms. The van der Waals surface area contributed by atoms with Crippen LogP contribution in [0.25, 0.3) is 11.3 Å². The van der Waals surface area contributed by atoms with Gasteiger partial charge in [-0.15, -0.1) is 11.3 Å². The second-order valence-corrected chi connectivity index (χ2v) is 10.2. The van der Waals surface area contributed by atoms with E-state index in [0.717, 1.165) is 17.3 Å². The van der Waals surface area contributed by atoms with E-state index < -0.39 is 21.7 Å². The fraction of sp³-hybridized carbons (Fsp3) is 0.211. The average Bonchev–Trinajstić information content (AvgIpc) is 3.22. The van der Waals surface area contributed by atoms with Crippen molar-refractivity contribution in [1.29, 1.82) is 0 Å². The third-order valence-electron chi connectivity index (χ3n) is 4.75. The van der Waals surface area contributed by atoms with Crippen LogP contribution in [-0.2, 0) is 10.0 Å². The second kappa shape index (κ2) is 8.39. The van der Waals surface area contributed by atoms with Crippen molar-refractivity contribution < 1.29 is 17.2 Å². The lowest BCUT2D eigenvalue weighted by molar-refractivity contribution is 0.384. The van der Waals surface area contributed by atoms with Gasteiger partial charge in [-0.3, -0.25) is 0 Å². The molecule has 0 N–H and O–H groups in total. The minimum atomic E-state index is -3.77. The van der Waals surface area contributed by atoms with Gasteiger partial charge in [-0.05, 0) is 30.3 Å². The molecule has 1 aromatic heterocycles. The minimum Gasteiger partial charge on any atom is -0.345 e. The number of halogens is 4. The van der Waals surface area contributed by atoms with Crippen molar-refractivity contribution in [2.75, 3.05) is 31.1 Å². The first kappa shape index (κ1) is 21.5. The molecule has 1 aliphatic rings. The molecule has 5 nitrogen and oxygen atoms in total. The first-order valence-electron chi connectivity index (χ1n) is 8.87. The molecule has 30 heavy (non-hydrogen) atoms. The molecule has 0 aliphatic carbocycles. The summed E-state index contributed by atoms with van der Waals surface area (Å²) < 4.78 is 54.0. The molecule has 2 aromatic carbocycles. The van der Waals surface area contributed by atoms with E-state index in [-0.39, 0.29) is 28.0 Å². The molecule has 0 radical (unpaired) electrons. The zero-order valence-electron chi connectivity index (χ0n) is 15.4. The lowest BCUT2D eigenvalue weighted by atomic mass is 10.2. The highest BCUT2D eigenvalue weighted by Crippen LogP contribution is 2.31. The van der Waals surface area contributed by atoms with Gasteiger partial charge >= 0.3 is 0 Å². The van der Waals surface area contributed by atoms with Crippen LogP contribution in [0.3, 0.4) is 0 Å². The molecule has 2 heterocycles. The number of rotatable bonds is 4. The Morgan fingerprint density at radius 3 is 2.33 bits per heavy atom. The van der Waals surface area contributed by atoms with Crippen LogP contribution in [0.4, 0.5) is 13.9 Å². The summed E-state index contributed by atoms with van der Waals surface area (Å²) in [7, 11) is -3.77. The van der Waals surface area contributed by atoms with Crippen LogP contribution in [0.2, 0.25) is 10.0 Å². The largest absolute Gasteiger partial charge is 0.345 e. The van der Waals surface area contributed by atoms with E-state index in [1.807, 2.05) is 10.3 Å². The van der Waals surface area contributed by atoms with E-state index in [2.05, 4.69) is 4.98 Å². The number of aromatic nitrogens is 1. The van der Waals surface area contributed by atoms with Crippen molar-refractivity contribution in [1.82, 2.24) is 9.29 Å². The van der Waals surface area contributed by atoms with Crippen LogP contribution in [0.5, 0.6) is 0 Å². The third kappa shape index (κ3) is 4.17. The molecule has 1 fully saturated rings. The highest BCUT2D eigenvalue weighted by Gasteiger charge is 2.30. The standard InChI is InChI=1S/C19H15Cl2F2N3O2S2/c20-14-3-1-12(9-17(14)23)18-11-29-19(24-18)25-5-7-26(8-6-25)30(27,28)13-2-4-16(22)15(21)10-13/h1-4,9-11H,5-8H2. The second-order valence-electron chi connectivity index (χ2n) is 6.61. The van der Waals surface area contributed by atoms with Crippen molar-refractivity contribution in [3.05, 3.63) is 63.5 Å². The smallest absolute Gasteiger partial charge is 0.243 e. The molecule has 158 valence electrons. The molecular weight excluding hydrogens is 475 g/mol. The van der Waals surface area contributed by atoms with E-state index in [1.165, 1.54) is 33.8 Å². The van der Waals surface area contributed by atoms with E-state index in [9.17, 15) is 17.2 Å². The maximum atomic E-state index is 13.7. The van der Waals surface area contributed by atoms with Crippen LogP contribution in [0, 0.1) is 11.6 Å². The van der Waals surface area contributed by atoms with E-state index >= 15 is 0 Å². The number of piperazine rings is 1. The van der Waals surface area contributed by atoms with Gasteiger partial charge in [0.25, 0.3) is 0 Å². The van der Waals surface area contributed by atoms with E-state index in [4.69, 9.17) is 23.2 Å². The Balaban J connectivity index is 1.46. The zero-order chi connectivity index (χ0) is 21.5. The summed E-state index contributed by atoms with van der Waals surface area (Å²) in [4.78, 5) is 6.49. The van der Waals surface area contributed by atoms with Crippen molar-refractivity contribution in [3.63, 3.8) is 0 Å². The van der Waals surface area contributed by atoms with Crippen molar-refractivity contribution >= 4 is 49.7 Å². The van der Waals surface area contributed by atoms with Gasteiger partial charge < -0.3 is 4.90 Å².